The van der Waals surface area contributed by atoms with Crippen LogP contribution in [0.25, 0.3) is 0 Å². The highest BCUT2D eigenvalue weighted by atomic mass is 16.3. The van der Waals surface area contributed by atoms with Gasteiger partial charge in [0.1, 0.15) is 11.5 Å². The molecule has 0 bridgehead atoms. The van der Waals surface area contributed by atoms with Gasteiger partial charge in [-0.3, -0.25) is 4.79 Å². The van der Waals surface area contributed by atoms with E-state index in [2.05, 4.69) is 0 Å². The van der Waals surface area contributed by atoms with Crippen LogP contribution in [0.4, 0.5) is 0 Å². The first-order chi connectivity index (χ1) is 6.68. The first-order valence-electron chi connectivity index (χ1n) is 5.34. The molecule has 1 aliphatic rings. The van der Waals surface area contributed by atoms with Gasteiger partial charge < -0.3 is 4.42 Å². The summed E-state index contributed by atoms with van der Waals surface area (Å²) in [4.78, 5) is 11.7. The normalized spacial score (nSPS) is 15.6. The molecule has 1 aromatic rings. The lowest BCUT2D eigenvalue weighted by Crippen LogP contribution is -2.16. The van der Waals surface area contributed by atoms with Gasteiger partial charge in [0.2, 0.25) is 0 Å². The standard InChI is InChI=1S/C12H16O2/c1-8(2)12-7-10(13)9-5-3-4-6-11(9)14-12/h7-8H,3-6H2,1-2H3. The van der Waals surface area contributed by atoms with Gasteiger partial charge in [0.25, 0.3) is 0 Å². The average molecular weight is 192 g/mol. The topological polar surface area (TPSA) is 30.2 Å². The highest BCUT2D eigenvalue weighted by Crippen LogP contribution is 2.22. The molecule has 0 aliphatic heterocycles. The van der Waals surface area contributed by atoms with Crippen molar-refractivity contribution in [3.63, 3.8) is 0 Å². The third kappa shape index (κ3) is 1.61. The van der Waals surface area contributed by atoms with Crippen LogP contribution in [0.15, 0.2) is 15.3 Å². The molecular weight excluding hydrogens is 176 g/mol. The Morgan fingerprint density at radius 2 is 2.00 bits per heavy atom. The molecule has 2 heteroatoms. The second-order valence-corrected chi connectivity index (χ2v) is 4.28. The summed E-state index contributed by atoms with van der Waals surface area (Å²) < 4.78 is 5.74. The zero-order valence-corrected chi connectivity index (χ0v) is 8.80. The van der Waals surface area contributed by atoms with Crippen LogP contribution in [0.5, 0.6) is 0 Å². The van der Waals surface area contributed by atoms with Crippen molar-refractivity contribution in [2.45, 2.75) is 45.4 Å². The van der Waals surface area contributed by atoms with Crippen molar-refractivity contribution in [2.75, 3.05) is 0 Å². The molecule has 0 atom stereocenters. The van der Waals surface area contributed by atoms with Gasteiger partial charge in [0.05, 0.1) is 0 Å². The first-order valence-corrected chi connectivity index (χ1v) is 5.34. The molecule has 0 unspecified atom stereocenters. The summed E-state index contributed by atoms with van der Waals surface area (Å²) >= 11 is 0. The maximum atomic E-state index is 11.7. The Labute approximate surface area is 83.9 Å². The maximum absolute atomic E-state index is 11.7. The van der Waals surface area contributed by atoms with Gasteiger partial charge in [-0.05, 0) is 19.3 Å². The highest BCUT2D eigenvalue weighted by molar-refractivity contribution is 5.23. The third-order valence-corrected chi connectivity index (χ3v) is 2.80. The van der Waals surface area contributed by atoms with Crippen molar-refractivity contribution in [3.05, 3.63) is 33.4 Å². The summed E-state index contributed by atoms with van der Waals surface area (Å²) in [5.41, 5.74) is 1.09. The van der Waals surface area contributed by atoms with Crippen molar-refractivity contribution >= 4 is 0 Å². The number of aryl methyl sites for hydroxylation is 1. The predicted octanol–water partition coefficient (Wildman–Crippen LogP) is 2.64. The van der Waals surface area contributed by atoms with Crippen molar-refractivity contribution in [1.82, 2.24) is 0 Å². The molecular formula is C12H16O2. The van der Waals surface area contributed by atoms with Gasteiger partial charge in [-0.15, -0.1) is 0 Å². The average Bonchev–Trinajstić information content (AvgIpc) is 2.17. The van der Waals surface area contributed by atoms with E-state index in [1.165, 1.54) is 0 Å². The predicted molar refractivity (Wildman–Crippen MR) is 55.7 cm³/mol. The number of hydrogen-bond donors (Lipinski definition) is 0. The van der Waals surface area contributed by atoms with Crippen LogP contribution in [-0.4, -0.2) is 0 Å². The van der Waals surface area contributed by atoms with E-state index in [0.29, 0.717) is 5.92 Å². The summed E-state index contributed by atoms with van der Waals surface area (Å²) in [5, 5.41) is 0. The summed E-state index contributed by atoms with van der Waals surface area (Å²) in [6, 6.07) is 1.66. The van der Waals surface area contributed by atoms with Gasteiger partial charge in [-0.2, -0.15) is 0 Å². The second kappa shape index (κ2) is 3.60. The monoisotopic (exact) mass is 192 g/mol. The molecule has 0 spiro atoms. The molecule has 1 aromatic heterocycles. The van der Waals surface area contributed by atoms with Crippen LogP contribution >= 0.6 is 0 Å². The molecule has 76 valence electrons. The van der Waals surface area contributed by atoms with Gasteiger partial charge >= 0.3 is 0 Å². The number of rotatable bonds is 1. The molecule has 0 saturated carbocycles. The van der Waals surface area contributed by atoms with Gasteiger partial charge in [0.15, 0.2) is 5.43 Å². The molecule has 0 radical (unpaired) electrons. The SMILES string of the molecule is CC(C)c1cc(=O)c2c(o1)CCCC2. The van der Waals surface area contributed by atoms with Gasteiger partial charge in [0, 0.05) is 24.0 Å². The lowest BCUT2D eigenvalue weighted by atomic mass is 9.96. The van der Waals surface area contributed by atoms with E-state index >= 15 is 0 Å². The van der Waals surface area contributed by atoms with Crippen molar-refractivity contribution in [3.8, 4) is 0 Å². The zero-order chi connectivity index (χ0) is 10.1. The van der Waals surface area contributed by atoms with Crippen molar-refractivity contribution < 1.29 is 4.42 Å². The Balaban J connectivity index is 2.52. The van der Waals surface area contributed by atoms with Gasteiger partial charge in [-0.1, -0.05) is 13.8 Å². The molecule has 2 rings (SSSR count). The fourth-order valence-electron chi connectivity index (χ4n) is 1.92. The number of fused-ring (bicyclic) bond motifs is 1. The van der Waals surface area contributed by atoms with Crippen LogP contribution < -0.4 is 5.43 Å². The molecule has 1 aliphatic carbocycles. The Morgan fingerprint density at radius 3 is 2.71 bits per heavy atom. The molecule has 0 fully saturated rings. The minimum Gasteiger partial charge on any atom is -0.465 e. The van der Waals surface area contributed by atoms with E-state index < -0.39 is 0 Å². The van der Waals surface area contributed by atoms with Crippen molar-refractivity contribution in [2.24, 2.45) is 0 Å². The van der Waals surface area contributed by atoms with E-state index in [1.54, 1.807) is 6.07 Å². The molecule has 2 nitrogen and oxygen atoms in total. The van der Waals surface area contributed by atoms with E-state index in [4.69, 9.17) is 4.42 Å². The fourth-order valence-corrected chi connectivity index (χ4v) is 1.92. The van der Waals surface area contributed by atoms with Crippen LogP contribution in [-0.2, 0) is 12.8 Å². The van der Waals surface area contributed by atoms with Crippen LogP contribution in [0, 0.1) is 0 Å². The van der Waals surface area contributed by atoms with Crippen LogP contribution in [0.2, 0.25) is 0 Å². The van der Waals surface area contributed by atoms with E-state index in [9.17, 15) is 4.79 Å². The Hall–Kier alpha value is -1.05. The fraction of sp³-hybridized carbons (Fsp3) is 0.583. The molecule has 0 aromatic carbocycles. The Morgan fingerprint density at radius 1 is 1.29 bits per heavy atom. The smallest absolute Gasteiger partial charge is 0.188 e. The number of hydrogen-bond acceptors (Lipinski definition) is 2. The Bertz CT molecular complexity index is 388. The first kappa shape index (κ1) is 9.50. The molecule has 0 N–H and O–H groups in total. The van der Waals surface area contributed by atoms with E-state index in [1.807, 2.05) is 13.8 Å². The minimum absolute atomic E-state index is 0.176. The molecule has 0 saturated heterocycles. The largest absolute Gasteiger partial charge is 0.465 e. The highest BCUT2D eigenvalue weighted by Gasteiger charge is 2.16. The molecule has 14 heavy (non-hydrogen) atoms. The summed E-state index contributed by atoms with van der Waals surface area (Å²) in [6.07, 6.45) is 4.11. The van der Waals surface area contributed by atoms with E-state index in [0.717, 1.165) is 42.8 Å². The Kier molecular flexibility index (Phi) is 2.44. The summed E-state index contributed by atoms with van der Waals surface area (Å²) in [7, 11) is 0. The van der Waals surface area contributed by atoms with Crippen LogP contribution in [0.3, 0.4) is 0 Å². The third-order valence-electron chi connectivity index (χ3n) is 2.80. The summed E-state index contributed by atoms with van der Waals surface area (Å²) in [6.45, 7) is 4.10. The zero-order valence-electron chi connectivity index (χ0n) is 8.80. The molecule has 1 heterocycles. The van der Waals surface area contributed by atoms with E-state index in [-0.39, 0.29) is 5.43 Å². The van der Waals surface area contributed by atoms with Crippen molar-refractivity contribution in [1.29, 1.82) is 0 Å². The minimum atomic E-state index is 0.176. The van der Waals surface area contributed by atoms with Gasteiger partial charge in [-0.25, -0.2) is 0 Å². The molecule has 0 amide bonds. The summed E-state index contributed by atoms with van der Waals surface area (Å²) in [5.74, 6) is 2.07. The maximum Gasteiger partial charge on any atom is 0.188 e. The lowest BCUT2D eigenvalue weighted by Gasteiger charge is -2.15. The second-order valence-electron chi connectivity index (χ2n) is 4.28. The quantitative estimate of drug-likeness (QED) is 0.684. The van der Waals surface area contributed by atoms with Crippen LogP contribution in [0.1, 0.15) is 49.7 Å². The lowest BCUT2D eigenvalue weighted by molar-refractivity contribution is 0.403.